The minimum absolute atomic E-state index is 0.0917. The van der Waals surface area contributed by atoms with Gasteiger partial charge in [0.2, 0.25) is 0 Å². The molecule has 6 nitrogen and oxygen atoms in total. The first-order chi connectivity index (χ1) is 8.54. The van der Waals surface area contributed by atoms with Crippen molar-refractivity contribution in [3.63, 3.8) is 0 Å². The van der Waals surface area contributed by atoms with Crippen molar-refractivity contribution < 1.29 is 35.7 Å². The zero-order chi connectivity index (χ0) is 14.8. The molecule has 0 spiro atoms. The molecule has 1 rings (SSSR count). The van der Waals surface area contributed by atoms with E-state index in [1.165, 1.54) is 0 Å². The highest BCUT2D eigenvalue weighted by atomic mass is 32.2. The van der Waals surface area contributed by atoms with Crippen molar-refractivity contribution in [3.8, 4) is 0 Å². The predicted molar refractivity (Wildman–Crippen MR) is 57.5 cm³/mol. The lowest BCUT2D eigenvalue weighted by Gasteiger charge is -2.30. The molecular weight excluding hydrogens is 291 g/mol. The Labute approximate surface area is 107 Å². The van der Waals surface area contributed by atoms with E-state index in [4.69, 9.17) is 5.11 Å². The van der Waals surface area contributed by atoms with Gasteiger partial charge in [0.05, 0.1) is 0 Å². The molecule has 0 radical (unpaired) electrons. The standard InChI is InChI=1S/C9H12F3NO5S/c1-6(18-19(16,17)9(10,11)12)7-2-4-13(5-3-7)8(14)15/h7H,1-5H2,(H,14,15). The Morgan fingerprint density at radius 3 is 2.16 bits per heavy atom. The van der Waals surface area contributed by atoms with Crippen LogP contribution in [0.1, 0.15) is 12.8 Å². The summed E-state index contributed by atoms with van der Waals surface area (Å²) in [4.78, 5) is 11.7. The van der Waals surface area contributed by atoms with Crippen molar-refractivity contribution in [2.45, 2.75) is 18.3 Å². The van der Waals surface area contributed by atoms with E-state index in [1.807, 2.05) is 0 Å². The zero-order valence-corrected chi connectivity index (χ0v) is 10.5. The Morgan fingerprint density at radius 2 is 1.79 bits per heavy atom. The zero-order valence-electron chi connectivity index (χ0n) is 9.68. The fourth-order valence-corrected chi connectivity index (χ4v) is 2.16. The summed E-state index contributed by atoms with van der Waals surface area (Å²) in [5.74, 6) is -1.13. The van der Waals surface area contributed by atoms with Crippen LogP contribution in [0, 0.1) is 5.92 Å². The van der Waals surface area contributed by atoms with Gasteiger partial charge in [0.1, 0.15) is 5.76 Å². The van der Waals surface area contributed by atoms with Crippen LogP contribution in [0.25, 0.3) is 0 Å². The maximum absolute atomic E-state index is 12.1. The molecule has 19 heavy (non-hydrogen) atoms. The molecule has 0 atom stereocenters. The summed E-state index contributed by atoms with van der Waals surface area (Å²) in [6.45, 7) is 3.36. The lowest BCUT2D eigenvalue weighted by Crippen LogP contribution is -2.38. The average molecular weight is 303 g/mol. The number of carbonyl (C=O) groups is 1. The molecule has 0 unspecified atom stereocenters. The average Bonchev–Trinajstić information content (AvgIpc) is 2.27. The van der Waals surface area contributed by atoms with Crippen LogP contribution in [-0.2, 0) is 14.3 Å². The van der Waals surface area contributed by atoms with E-state index in [1.54, 1.807) is 0 Å². The molecule has 1 saturated heterocycles. The van der Waals surface area contributed by atoms with Gasteiger partial charge in [0.15, 0.2) is 0 Å². The first kappa shape index (κ1) is 15.6. The number of alkyl halides is 3. The van der Waals surface area contributed by atoms with E-state index in [-0.39, 0.29) is 25.9 Å². The Kier molecular flexibility index (Phi) is 4.33. The third-order valence-electron chi connectivity index (χ3n) is 2.72. The van der Waals surface area contributed by atoms with Gasteiger partial charge in [0, 0.05) is 19.0 Å². The van der Waals surface area contributed by atoms with Crippen LogP contribution in [0.3, 0.4) is 0 Å². The van der Waals surface area contributed by atoms with Crippen LogP contribution in [0.4, 0.5) is 18.0 Å². The van der Waals surface area contributed by atoms with Crippen LogP contribution in [-0.4, -0.2) is 43.1 Å². The van der Waals surface area contributed by atoms with Gasteiger partial charge in [-0.05, 0) is 12.8 Å². The highest BCUT2D eigenvalue weighted by Crippen LogP contribution is 2.31. The molecular formula is C9H12F3NO5S. The van der Waals surface area contributed by atoms with E-state index in [0.717, 1.165) is 4.90 Å². The van der Waals surface area contributed by atoms with Crippen molar-refractivity contribution in [2.75, 3.05) is 13.1 Å². The van der Waals surface area contributed by atoms with Gasteiger partial charge in [-0.3, -0.25) is 0 Å². The molecule has 110 valence electrons. The third kappa shape index (κ3) is 3.75. The van der Waals surface area contributed by atoms with E-state index < -0.39 is 33.4 Å². The highest BCUT2D eigenvalue weighted by molar-refractivity contribution is 7.87. The lowest BCUT2D eigenvalue weighted by atomic mass is 9.96. The summed E-state index contributed by atoms with van der Waals surface area (Å²) in [6, 6.07) is 0. The maximum atomic E-state index is 12.1. The molecule has 1 aliphatic rings. The lowest BCUT2D eigenvalue weighted by molar-refractivity contribution is -0.0528. The number of hydrogen-bond donors (Lipinski definition) is 1. The molecule has 1 fully saturated rings. The van der Waals surface area contributed by atoms with E-state index in [0.29, 0.717) is 0 Å². The van der Waals surface area contributed by atoms with Crippen LogP contribution in [0.5, 0.6) is 0 Å². The molecule has 10 heteroatoms. The number of rotatable bonds is 3. The SMILES string of the molecule is C=C(OS(=O)(=O)C(F)(F)F)C1CCN(C(=O)O)CC1. The third-order valence-corrected chi connectivity index (χ3v) is 3.72. The molecule has 0 aromatic rings. The van der Waals surface area contributed by atoms with Gasteiger partial charge in [-0.2, -0.15) is 21.6 Å². The van der Waals surface area contributed by atoms with Crippen LogP contribution in [0.2, 0.25) is 0 Å². The number of halogens is 3. The monoisotopic (exact) mass is 303 g/mol. The second-order valence-electron chi connectivity index (χ2n) is 3.99. The largest absolute Gasteiger partial charge is 0.534 e. The molecule has 1 N–H and O–H groups in total. The second-order valence-corrected chi connectivity index (χ2v) is 5.53. The summed E-state index contributed by atoms with van der Waals surface area (Å²) in [6.07, 6.45) is -0.801. The van der Waals surface area contributed by atoms with Crippen LogP contribution >= 0.6 is 0 Å². The quantitative estimate of drug-likeness (QED) is 0.488. The van der Waals surface area contributed by atoms with Crippen molar-refractivity contribution >= 4 is 16.2 Å². The molecule has 1 aliphatic heterocycles. The van der Waals surface area contributed by atoms with Gasteiger partial charge < -0.3 is 14.2 Å². The van der Waals surface area contributed by atoms with Crippen molar-refractivity contribution in [3.05, 3.63) is 12.3 Å². The molecule has 1 amide bonds. The minimum Gasteiger partial charge on any atom is -0.465 e. The Hall–Kier alpha value is -1.45. The van der Waals surface area contributed by atoms with Gasteiger partial charge in [-0.1, -0.05) is 6.58 Å². The van der Waals surface area contributed by atoms with Gasteiger partial charge in [-0.25, -0.2) is 4.79 Å². The van der Waals surface area contributed by atoms with Gasteiger partial charge in [0.25, 0.3) is 0 Å². The van der Waals surface area contributed by atoms with E-state index in [2.05, 4.69) is 10.8 Å². The van der Waals surface area contributed by atoms with E-state index >= 15 is 0 Å². The first-order valence-electron chi connectivity index (χ1n) is 5.22. The van der Waals surface area contributed by atoms with Crippen LogP contribution < -0.4 is 0 Å². The summed E-state index contributed by atoms with van der Waals surface area (Å²) < 4.78 is 61.7. The fraction of sp³-hybridized carbons (Fsp3) is 0.667. The Balaban J connectivity index is 2.60. The smallest absolute Gasteiger partial charge is 0.465 e. The van der Waals surface area contributed by atoms with E-state index in [9.17, 15) is 26.4 Å². The Bertz CT molecular complexity index is 465. The Morgan fingerprint density at radius 1 is 1.32 bits per heavy atom. The molecule has 1 heterocycles. The molecule has 0 aromatic carbocycles. The predicted octanol–water partition coefficient (Wildman–Crippen LogP) is 1.76. The second kappa shape index (κ2) is 5.27. The number of nitrogens with zero attached hydrogens (tertiary/aromatic N) is 1. The molecule has 0 bridgehead atoms. The van der Waals surface area contributed by atoms with Crippen molar-refractivity contribution in [1.82, 2.24) is 4.90 Å². The topological polar surface area (TPSA) is 83.9 Å². The fourth-order valence-electron chi connectivity index (χ4n) is 1.65. The minimum atomic E-state index is -5.71. The normalized spacial score (nSPS) is 18.2. The summed E-state index contributed by atoms with van der Waals surface area (Å²) in [7, 11) is -5.71. The number of piperidine rings is 1. The highest BCUT2D eigenvalue weighted by Gasteiger charge is 2.49. The summed E-state index contributed by atoms with van der Waals surface area (Å²) >= 11 is 0. The molecule has 0 aliphatic carbocycles. The summed E-state index contributed by atoms with van der Waals surface area (Å²) in [5.41, 5.74) is -5.50. The number of allylic oxidation sites excluding steroid dienone is 1. The first-order valence-corrected chi connectivity index (χ1v) is 6.63. The van der Waals surface area contributed by atoms with Crippen molar-refractivity contribution in [1.29, 1.82) is 0 Å². The number of carboxylic acid groups (broad SMARTS) is 1. The summed E-state index contributed by atoms with van der Waals surface area (Å²) in [5, 5.41) is 8.68. The molecule has 0 saturated carbocycles. The number of amides is 1. The van der Waals surface area contributed by atoms with Crippen molar-refractivity contribution in [2.24, 2.45) is 5.92 Å². The van der Waals surface area contributed by atoms with Gasteiger partial charge in [-0.15, -0.1) is 0 Å². The van der Waals surface area contributed by atoms with Gasteiger partial charge >= 0.3 is 21.7 Å². The number of hydrogen-bond acceptors (Lipinski definition) is 4. The maximum Gasteiger partial charge on any atom is 0.534 e. The van der Waals surface area contributed by atoms with Crippen LogP contribution in [0.15, 0.2) is 12.3 Å². The number of likely N-dealkylation sites (tertiary alicyclic amines) is 1. The molecule has 0 aromatic heterocycles.